The van der Waals surface area contributed by atoms with Gasteiger partial charge in [0.2, 0.25) is 0 Å². The van der Waals surface area contributed by atoms with Gasteiger partial charge in [-0.25, -0.2) is 4.98 Å². The van der Waals surface area contributed by atoms with Gasteiger partial charge in [-0.15, -0.1) is 11.3 Å². The maximum atomic E-state index is 4.86. The molecule has 0 fully saturated rings. The van der Waals surface area contributed by atoms with Crippen LogP contribution in [0, 0.1) is 5.92 Å². The molecule has 1 rings (SSSR count). The van der Waals surface area contributed by atoms with Crippen molar-refractivity contribution in [1.82, 2.24) is 10.3 Å². The zero-order chi connectivity index (χ0) is 13.9. The molecule has 0 aliphatic carbocycles. The van der Waals surface area contributed by atoms with E-state index in [0.29, 0.717) is 11.8 Å². The minimum absolute atomic E-state index is 0.137. The van der Waals surface area contributed by atoms with Gasteiger partial charge in [0.05, 0.1) is 10.7 Å². The molecule has 0 saturated carbocycles. The molecule has 0 amide bonds. The Kier molecular flexibility index (Phi) is 5.35. The second kappa shape index (κ2) is 6.16. The third kappa shape index (κ3) is 4.36. The number of rotatable bonds is 5. The molecule has 1 aromatic rings. The summed E-state index contributed by atoms with van der Waals surface area (Å²) < 4.78 is 0. The number of hydrogen-bond donors (Lipinski definition) is 1. The van der Waals surface area contributed by atoms with Crippen molar-refractivity contribution in [3.05, 3.63) is 15.6 Å². The van der Waals surface area contributed by atoms with Crippen LogP contribution in [0.2, 0.25) is 0 Å². The van der Waals surface area contributed by atoms with Gasteiger partial charge in [-0.3, -0.25) is 0 Å². The maximum Gasteiger partial charge on any atom is 0.0957 e. The highest BCUT2D eigenvalue weighted by Gasteiger charge is 2.23. The first-order chi connectivity index (χ1) is 8.21. The van der Waals surface area contributed by atoms with Gasteiger partial charge in [-0.2, -0.15) is 0 Å². The van der Waals surface area contributed by atoms with Crippen molar-refractivity contribution >= 4 is 11.3 Å². The third-order valence-electron chi connectivity index (χ3n) is 2.76. The van der Waals surface area contributed by atoms with Gasteiger partial charge < -0.3 is 5.32 Å². The second-order valence-corrected chi connectivity index (χ2v) is 7.87. The quantitative estimate of drug-likeness (QED) is 0.860. The number of thiazole rings is 1. The summed E-state index contributed by atoms with van der Waals surface area (Å²) in [4.78, 5) is 6.27. The van der Waals surface area contributed by atoms with Crippen LogP contribution in [0.4, 0.5) is 0 Å². The lowest BCUT2D eigenvalue weighted by Crippen LogP contribution is -2.21. The lowest BCUT2D eigenvalue weighted by Gasteiger charge is -2.18. The van der Waals surface area contributed by atoms with Crippen LogP contribution in [-0.2, 0) is 12.0 Å². The first-order valence-electron chi connectivity index (χ1n) is 6.92. The molecule has 0 aliphatic rings. The number of nitrogens with one attached hydrogen (secondary N) is 1. The number of hydrogen-bond acceptors (Lipinski definition) is 3. The molecule has 0 bridgehead atoms. The van der Waals surface area contributed by atoms with Crippen molar-refractivity contribution in [2.24, 2.45) is 5.92 Å². The lowest BCUT2D eigenvalue weighted by atomic mass is 9.91. The molecule has 0 spiro atoms. The molecule has 0 aliphatic heterocycles. The van der Waals surface area contributed by atoms with Gasteiger partial charge in [0.15, 0.2) is 0 Å². The minimum Gasteiger partial charge on any atom is -0.312 e. The van der Waals surface area contributed by atoms with Crippen molar-refractivity contribution in [2.45, 2.75) is 66.3 Å². The van der Waals surface area contributed by atoms with Crippen LogP contribution in [0.25, 0.3) is 0 Å². The van der Waals surface area contributed by atoms with Gasteiger partial charge in [-0.1, -0.05) is 48.5 Å². The van der Waals surface area contributed by atoms with E-state index in [1.807, 2.05) is 11.3 Å². The SMILES string of the molecule is CC(C)CNCc1sc(C(C)C)nc1C(C)(C)C. The monoisotopic (exact) mass is 268 g/mol. The van der Waals surface area contributed by atoms with E-state index in [4.69, 9.17) is 4.98 Å². The Bertz CT molecular complexity index is 372. The van der Waals surface area contributed by atoms with Crippen molar-refractivity contribution in [3.8, 4) is 0 Å². The number of aromatic nitrogens is 1. The zero-order valence-electron chi connectivity index (χ0n) is 12.9. The smallest absolute Gasteiger partial charge is 0.0957 e. The Hall–Kier alpha value is -0.410. The third-order valence-corrected chi connectivity index (χ3v) is 4.11. The zero-order valence-corrected chi connectivity index (χ0v) is 13.7. The standard InChI is InChI=1S/C15H28N2S/c1-10(2)8-16-9-12-13(15(5,6)7)17-14(18-12)11(3)4/h10-11,16H,8-9H2,1-7H3. The highest BCUT2D eigenvalue weighted by atomic mass is 32.1. The number of nitrogens with zero attached hydrogens (tertiary/aromatic N) is 1. The van der Waals surface area contributed by atoms with Gasteiger partial charge in [0.1, 0.15) is 0 Å². The fraction of sp³-hybridized carbons (Fsp3) is 0.800. The Morgan fingerprint density at radius 2 is 1.78 bits per heavy atom. The largest absolute Gasteiger partial charge is 0.312 e. The molecule has 18 heavy (non-hydrogen) atoms. The summed E-state index contributed by atoms with van der Waals surface area (Å²) in [6, 6.07) is 0. The Balaban J connectivity index is 2.87. The Morgan fingerprint density at radius 3 is 2.22 bits per heavy atom. The predicted octanol–water partition coefficient (Wildman–Crippen LogP) is 4.31. The summed E-state index contributed by atoms with van der Waals surface area (Å²) >= 11 is 1.87. The van der Waals surface area contributed by atoms with Crippen LogP contribution in [0.15, 0.2) is 0 Å². The molecular weight excluding hydrogens is 240 g/mol. The minimum atomic E-state index is 0.137. The molecule has 0 radical (unpaired) electrons. The second-order valence-electron chi connectivity index (χ2n) is 6.75. The van der Waals surface area contributed by atoms with Crippen molar-refractivity contribution in [3.63, 3.8) is 0 Å². The summed E-state index contributed by atoms with van der Waals surface area (Å²) in [6.45, 7) is 17.7. The molecule has 3 heteroatoms. The molecule has 1 aromatic heterocycles. The van der Waals surface area contributed by atoms with E-state index in [0.717, 1.165) is 13.1 Å². The molecule has 0 atom stereocenters. The molecule has 1 heterocycles. The van der Waals surface area contributed by atoms with Gasteiger partial charge in [0, 0.05) is 22.8 Å². The molecule has 0 aromatic carbocycles. The lowest BCUT2D eigenvalue weighted by molar-refractivity contribution is 0.534. The molecule has 2 nitrogen and oxygen atoms in total. The van der Waals surface area contributed by atoms with E-state index in [-0.39, 0.29) is 5.41 Å². The van der Waals surface area contributed by atoms with Crippen LogP contribution in [-0.4, -0.2) is 11.5 Å². The van der Waals surface area contributed by atoms with E-state index in [2.05, 4.69) is 53.8 Å². The molecule has 0 saturated heterocycles. The summed E-state index contributed by atoms with van der Waals surface area (Å²) in [5, 5.41) is 4.80. The van der Waals surface area contributed by atoms with E-state index in [9.17, 15) is 0 Å². The highest BCUT2D eigenvalue weighted by molar-refractivity contribution is 7.11. The van der Waals surface area contributed by atoms with Gasteiger partial charge in [-0.05, 0) is 12.5 Å². The van der Waals surface area contributed by atoms with Crippen LogP contribution >= 0.6 is 11.3 Å². The van der Waals surface area contributed by atoms with Crippen LogP contribution in [0.3, 0.4) is 0 Å². The topological polar surface area (TPSA) is 24.9 Å². The van der Waals surface area contributed by atoms with Crippen LogP contribution in [0.1, 0.15) is 70.0 Å². The van der Waals surface area contributed by atoms with E-state index < -0.39 is 0 Å². The fourth-order valence-corrected chi connectivity index (χ4v) is 3.04. The predicted molar refractivity (Wildman–Crippen MR) is 81.4 cm³/mol. The average Bonchev–Trinajstić information content (AvgIpc) is 2.60. The van der Waals surface area contributed by atoms with E-state index in [1.54, 1.807) is 0 Å². The van der Waals surface area contributed by atoms with Crippen molar-refractivity contribution in [2.75, 3.05) is 6.54 Å². The van der Waals surface area contributed by atoms with Crippen LogP contribution < -0.4 is 5.32 Å². The Morgan fingerprint density at radius 1 is 1.17 bits per heavy atom. The molecular formula is C15H28N2S. The summed E-state index contributed by atoms with van der Waals surface area (Å²) in [5.41, 5.74) is 1.41. The average molecular weight is 268 g/mol. The van der Waals surface area contributed by atoms with Crippen LogP contribution in [0.5, 0.6) is 0 Å². The van der Waals surface area contributed by atoms with E-state index in [1.165, 1.54) is 15.6 Å². The Labute approximate surface area is 116 Å². The summed E-state index contributed by atoms with van der Waals surface area (Å²) in [5.74, 6) is 1.22. The summed E-state index contributed by atoms with van der Waals surface area (Å²) in [7, 11) is 0. The normalized spacial score (nSPS) is 12.7. The fourth-order valence-electron chi connectivity index (χ4n) is 1.80. The molecule has 104 valence electrons. The van der Waals surface area contributed by atoms with E-state index >= 15 is 0 Å². The summed E-state index contributed by atoms with van der Waals surface area (Å²) in [6.07, 6.45) is 0. The van der Waals surface area contributed by atoms with Gasteiger partial charge >= 0.3 is 0 Å². The molecule has 0 unspecified atom stereocenters. The van der Waals surface area contributed by atoms with Gasteiger partial charge in [0.25, 0.3) is 0 Å². The maximum absolute atomic E-state index is 4.86. The molecule has 1 N–H and O–H groups in total. The highest BCUT2D eigenvalue weighted by Crippen LogP contribution is 2.32. The van der Waals surface area contributed by atoms with Crippen molar-refractivity contribution < 1.29 is 0 Å². The first-order valence-corrected chi connectivity index (χ1v) is 7.74. The van der Waals surface area contributed by atoms with Crippen molar-refractivity contribution in [1.29, 1.82) is 0 Å². The first kappa shape index (κ1) is 15.6.